The Morgan fingerprint density at radius 2 is 2.12 bits per heavy atom. The van der Waals surface area contributed by atoms with Crippen molar-refractivity contribution >= 4 is 5.91 Å². The van der Waals surface area contributed by atoms with E-state index in [1.54, 1.807) is 0 Å². The lowest BCUT2D eigenvalue weighted by Gasteiger charge is -2.34. The van der Waals surface area contributed by atoms with Gasteiger partial charge in [0.25, 0.3) is 0 Å². The summed E-state index contributed by atoms with van der Waals surface area (Å²) in [6.07, 6.45) is 6.02. The van der Waals surface area contributed by atoms with Crippen molar-refractivity contribution in [3.05, 3.63) is 0 Å². The summed E-state index contributed by atoms with van der Waals surface area (Å²) < 4.78 is 0. The summed E-state index contributed by atoms with van der Waals surface area (Å²) >= 11 is 0. The zero-order valence-electron chi connectivity index (χ0n) is 10.5. The molecule has 2 aliphatic rings. The maximum Gasteiger partial charge on any atom is 0.225 e. The van der Waals surface area contributed by atoms with Gasteiger partial charge in [0.1, 0.15) is 0 Å². The summed E-state index contributed by atoms with van der Waals surface area (Å²) in [6, 6.07) is 0.500. The highest BCUT2D eigenvalue weighted by molar-refractivity contribution is 5.78. The Morgan fingerprint density at radius 1 is 1.38 bits per heavy atom. The van der Waals surface area contributed by atoms with Crippen LogP contribution in [0.4, 0.5) is 0 Å². The Balaban J connectivity index is 1.80. The van der Waals surface area contributed by atoms with Crippen LogP contribution >= 0.6 is 0 Å². The lowest BCUT2D eigenvalue weighted by Crippen LogP contribution is -2.44. The van der Waals surface area contributed by atoms with Crippen molar-refractivity contribution in [1.82, 2.24) is 10.2 Å². The predicted octanol–water partition coefficient (Wildman–Crippen LogP) is 1.63. The predicted molar refractivity (Wildman–Crippen MR) is 65.2 cm³/mol. The summed E-state index contributed by atoms with van der Waals surface area (Å²) in [5.41, 5.74) is 0. The Hall–Kier alpha value is -0.570. The van der Waals surface area contributed by atoms with Crippen LogP contribution in [0.5, 0.6) is 0 Å². The minimum absolute atomic E-state index is 0.265. The largest absolute Gasteiger partial charge is 0.345 e. The van der Waals surface area contributed by atoms with Crippen LogP contribution in [-0.2, 0) is 4.79 Å². The Bertz CT molecular complexity index is 250. The monoisotopic (exact) mass is 224 g/mol. The zero-order chi connectivity index (χ0) is 11.5. The molecule has 0 aromatic rings. The van der Waals surface area contributed by atoms with E-state index in [0.29, 0.717) is 11.9 Å². The molecule has 16 heavy (non-hydrogen) atoms. The van der Waals surface area contributed by atoms with E-state index in [1.807, 2.05) is 11.9 Å². The second-order valence-electron chi connectivity index (χ2n) is 5.59. The molecule has 2 fully saturated rings. The van der Waals surface area contributed by atoms with Crippen LogP contribution in [0.2, 0.25) is 0 Å². The van der Waals surface area contributed by atoms with Gasteiger partial charge in [-0.2, -0.15) is 0 Å². The second kappa shape index (κ2) is 5.17. The number of nitrogens with one attached hydrogen (secondary N) is 1. The van der Waals surface area contributed by atoms with E-state index in [0.717, 1.165) is 31.8 Å². The number of piperidine rings is 1. The van der Waals surface area contributed by atoms with Crippen LogP contribution in [-0.4, -0.2) is 37.0 Å². The van der Waals surface area contributed by atoms with Gasteiger partial charge in [-0.15, -0.1) is 0 Å². The molecule has 0 radical (unpaired) electrons. The molecule has 0 bridgehead atoms. The molecule has 0 aromatic heterocycles. The molecule has 3 heteroatoms. The molecule has 1 aliphatic carbocycles. The van der Waals surface area contributed by atoms with Crippen molar-refractivity contribution < 1.29 is 4.79 Å². The SMILES string of the molecule is C[C@H]1C[C@@H](C(=O)N(C)CC2CCC2)CCN1. The Kier molecular flexibility index (Phi) is 3.85. The van der Waals surface area contributed by atoms with Crippen molar-refractivity contribution in [3.8, 4) is 0 Å². The van der Waals surface area contributed by atoms with Crippen molar-refractivity contribution in [2.75, 3.05) is 20.1 Å². The van der Waals surface area contributed by atoms with Gasteiger partial charge in [-0.25, -0.2) is 0 Å². The van der Waals surface area contributed by atoms with E-state index in [1.165, 1.54) is 19.3 Å². The van der Waals surface area contributed by atoms with E-state index in [2.05, 4.69) is 12.2 Å². The number of rotatable bonds is 3. The van der Waals surface area contributed by atoms with Gasteiger partial charge in [-0.05, 0) is 45.1 Å². The third-order valence-electron chi connectivity index (χ3n) is 4.11. The molecular weight excluding hydrogens is 200 g/mol. The molecule has 2 rings (SSSR count). The van der Waals surface area contributed by atoms with Crippen molar-refractivity contribution in [1.29, 1.82) is 0 Å². The van der Waals surface area contributed by atoms with Crippen LogP contribution in [0.1, 0.15) is 39.0 Å². The zero-order valence-corrected chi connectivity index (χ0v) is 10.5. The van der Waals surface area contributed by atoms with Gasteiger partial charge in [0, 0.05) is 25.6 Å². The van der Waals surface area contributed by atoms with E-state index in [4.69, 9.17) is 0 Å². The molecule has 1 amide bonds. The maximum absolute atomic E-state index is 12.2. The van der Waals surface area contributed by atoms with E-state index in [9.17, 15) is 4.79 Å². The third-order valence-corrected chi connectivity index (χ3v) is 4.11. The summed E-state index contributed by atoms with van der Waals surface area (Å²) in [7, 11) is 1.98. The average Bonchev–Trinajstić information content (AvgIpc) is 2.22. The standard InChI is InChI=1S/C13H24N2O/c1-10-8-12(6-7-14-10)13(16)15(2)9-11-4-3-5-11/h10-12,14H,3-9H2,1-2H3/t10-,12-/m0/s1. The fraction of sp³-hybridized carbons (Fsp3) is 0.923. The van der Waals surface area contributed by atoms with Crippen molar-refractivity contribution in [3.63, 3.8) is 0 Å². The highest BCUT2D eigenvalue weighted by atomic mass is 16.2. The van der Waals surface area contributed by atoms with Crippen LogP contribution in [0.3, 0.4) is 0 Å². The van der Waals surface area contributed by atoms with Gasteiger partial charge in [0.05, 0.1) is 0 Å². The molecule has 1 N–H and O–H groups in total. The maximum atomic E-state index is 12.2. The first kappa shape index (κ1) is 11.9. The molecule has 0 unspecified atom stereocenters. The van der Waals surface area contributed by atoms with Crippen LogP contribution < -0.4 is 5.32 Å². The number of hydrogen-bond donors (Lipinski definition) is 1. The molecule has 3 nitrogen and oxygen atoms in total. The molecule has 0 aromatic carbocycles. The van der Waals surface area contributed by atoms with Crippen molar-refractivity contribution in [2.45, 2.75) is 45.1 Å². The number of carbonyl (C=O) groups excluding carboxylic acids is 1. The minimum atomic E-state index is 0.265. The molecule has 92 valence electrons. The number of nitrogens with zero attached hydrogens (tertiary/aromatic N) is 1. The minimum Gasteiger partial charge on any atom is -0.345 e. The average molecular weight is 224 g/mol. The number of amides is 1. The first-order valence-corrected chi connectivity index (χ1v) is 6.65. The fourth-order valence-corrected chi connectivity index (χ4v) is 2.82. The first-order valence-electron chi connectivity index (χ1n) is 6.65. The quantitative estimate of drug-likeness (QED) is 0.790. The summed E-state index contributed by atoms with van der Waals surface area (Å²) in [6.45, 7) is 4.15. The molecule has 1 aliphatic heterocycles. The molecule has 1 saturated heterocycles. The number of carbonyl (C=O) groups is 1. The fourth-order valence-electron chi connectivity index (χ4n) is 2.82. The lowest BCUT2D eigenvalue weighted by atomic mass is 9.84. The Morgan fingerprint density at radius 3 is 2.69 bits per heavy atom. The summed E-state index contributed by atoms with van der Waals surface area (Å²) in [5.74, 6) is 1.43. The van der Waals surface area contributed by atoms with E-state index >= 15 is 0 Å². The van der Waals surface area contributed by atoms with Gasteiger partial charge < -0.3 is 10.2 Å². The third kappa shape index (κ3) is 2.76. The molecule has 1 heterocycles. The van der Waals surface area contributed by atoms with Gasteiger partial charge in [0.15, 0.2) is 0 Å². The van der Waals surface area contributed by atoms with Crippen LogP contribution in [0.15, 0.2) is 0 Å². The normalized spacial score (nSPS) is 30.9. The van der Waals surface area contributed by atoms with Crippen LogP contribution in [0, 0.1) is 11.8 Å². The molecule has 0 spiro atoms. The lowest BCUT2D eigenvalue weighted by molar-refractivity contribution is -0.136. The highest BCUT2D eigenvalue weighted by Gasteiger charge is 2.29. The molecule has 2 atom stereocenters. The molecular formula is C13H24N2O. The van der Waals surface area contributed by atoms with E-state index in [-0.39, 0.29) is 5.92 Å². The number of hydrogen-bond acceptors (Lipinski definition) is 2. The van der Waals surface area contributed by atoms with Crippen LogP contribution in [0.25, 0.3) is 0 Å². The smallest absolute Gasteiger partial charge is 0.225 e. The van der Waals surface area contributed by atoms with Gasteiger partial charge in [0.2, 0.25) is 5.91 Å². The first-order chi connectivity index (χ1) is 7.66. The topological polar surface area (TPSA) is 32.3 Å². The van der Waals surface area contributed by atoms with Gasteiger partial charge in [-0.1, -0.05) is 6.42 Å². The van der Waals surface area contributed by atoms with Gasteiger partial charge in [-0.3, -0.25) is 4.79 Å². The van der Waals surface area contributed by atoms with E-state index < -0.39 is 0 Å². The van der Waals surface area contributed by atoms with Crippen molar-refractivity contribution in [2.24, 2.45) is 11.8 Å². The second-order valence-corrected chi connectivity index (χ2v) is 5.59. The Labute approximate surface area is 98.6 Å². The summed E-state index contributed by atoms with van der Waals surface area (Å²) in [5, 5.41) is 3.40. The van der Waals surface area contributed by atoms with Gasteiger partial charge >= 0.3 is 0 Å². The highest BCUT2D eigenvalue weighted by Crippen LogP contribution is 2.27. The summed E-state index contributed by atoms with van der Waals surface area (Å²) in [4.78, 5) is 14.2. The molecule has 1 saturated carbocycles.